The van der Waals surface area contributed by atoms with Crippen molar-refractivity contribution in [3.8, 4) is 0 Å². The van der Waals surface area contributed by atoms with Gasteiger partial charge in [-0.15, -0.1) is 0 Å². The van der Waals surface area contributed by atoms with Gasteiger partial charge in [-0.2, -0.15) is 0 Å². The van der Waals surface area contributed by atoms with Gasteiger partial charge in [0.15, 0.2) is 0 Å². The lowest BCUT2D eigenvalue weighted by molar-refractivity contribution is -0.151. The van der Waals surface area contributed by atoms with Crippen LogP contribution in [0.15, 0.2) is 24.5 Å². The maximum absolute atomic E-state index is 12.3. The fourth-order valence-electron chi connectivity index (χ4n) is 5.79. The summed E-state index contributed by atoms with van der Waals surface area (Å²) >= 11 is 0. The van der Waals surface area contributed by atoms with Crippen molar-refractivity contribution < 1.29 is 14.3 Å². The molecular weight excluding hydrogens is 316 g/mol. The van der Waals surface area contributed by atoms with Gasteiger partial charge in [0, 0.05) is 12.4 Å². The zero-order valence-electron chi connectivity index (χ0n) is 14.6. The molecular formula is C20H26N2O3. The number of nitrogens with one attached hydrogen (secondary N) is 1. The molecule has 4 bridgehead atoms. The van der Waals surface area contributed by atoms with Crippen LogP contribution in [0.3, 0.4) is 0 Å². The molecule has 1 heterocycles. The standard InChI is InChI=1S/C20H26N2O3/c23-18(25-5-4-22-19(24)17-2-1-3-21-13-17)12-20-9-14-6-15(10-20)8-16(7-14)11-20/h1-3,13-16H,4-12H2,(H,22,24). The predicted molar refractivity (Wildman–Crippen MR) is 92.8 cm³/mol. The molecule has 0 spiro atoms. The SMILES string of the molecule is O=C(CC12CC3CC(CC(C3)C1)C2)OCCNC(=O)c1cccnc1. The smallest absolute Gasteiger partial charge is 0.306 e. The molecule has 134 valence electrons. The number of carbonyl (C=O) groups is 2. The van der Waals surface area contributed by atoms with E-state index in [2.05, 4.69) is 10.3 Å². The van der Waals surface area contributed by atoms with Crippen LogP contribution in [0.5, 0.6) is 0 Å². The van der Waals surface area contributed by atoms with Crippen LogP contribution in [-0.4, -0.2) is 30.0 Å². The quantitative estimate of drug-likeness (QED) is 0.637. The molecule has 0 aliphatic heterocycles. The zero-order valence-corrected chi connectivity index (χ0v) is 14.6. The van der Waals surface area contributed by atoms with Crippen molar-refractivity contribution in [1.82, 2.24) is 10.3 Å². The van der Waals surface area contributed by atoms with E-state index in [1.165, 1.54) is 44.7 Å². The van der Waals surface area contributed by atoms with Gasteiger partial charge in [0.1, 0.15) is 6.61 Å². The molecule has 4 saturated carbocycles. The summed E-state index contributed by atoms with van der Waals surface area (Å²) in [5.74, 6) is 2.25. The van der Waals surface area contributed by atoms with Crippen LogP contribution in [0.25, 0.3) is 0 Å². The minimum Gasteiger partial charge on any atom is -0.464 e. The van der Waals surface area contributed by atoms with Gasteiger partial charge in [-0.3, -0.25) is 14.6 Å². The van der Waals surface area contributed by atoms with Crippen LogP contribution in [0.2, 0.25) is 0 Å². The number of hydrogen-bond acceptors (Lipinski definition) is 4. The average molecular weight is 342 g/mol. The fourth-order valence-corrected chi connectivity index (χ4v) is 5.79. The Bertz CT molecular complexity index is 608. The molecule has 0 unspecified atom stereocenters. The van der Waals surface area contributed by atoms with E-state index in [9.17, 15) is 9.59 Å². The van der Waals surface area contributed by atoms with Crippen molar-refractivity contribution in [2.75, 3.05) is 13.2 Å². The monoisotopic (exact) mass is 342 g/mol. The highest BCUT2D eigenvalue weighted by atomic mass is 16.5. The van der Waals surface area contributed by atoms with Gasteiger partial charge in [-0.1, -0.05) is 0 Å². The summed E-state index contributed by atoms with van der Waals surface area (Å²) in [4.78, 5) is 28.1. The van der Waals surface area contributed by atoms with E-state index in [1.54, 1.807) is 18.3 Å². The summed E-state index contributed by atoms with van der Waals surface area (Å²) in [5.41, 5.74) is 0.729. The molecule has 1 aromatic rings. The Labute approximate surface area is 148 Å². The zero-order chi connectivity index (χ0) is 17.3. The maximum atomic E-state index is 12.3. The van der Waals surface area contributed by atoms with E-state index in [4.69, 9.17) is 4.74 Å². The highest BCUT2D eigenvalue weighted by molar-refractivity contribution is 5.93. The fraction of sp³-hybridized carbons (Fsp3) is 0.650. The average Bonchev–Trinajstić information content (AvgIpc) is 2.57. The minimum absolute atomic E-state index is 0.0995. The number of esters is 1. The van der Waals surface area contributed by atoms with Crippen molar-refractivity contribution in [1.29, 1.82) is 0 Å². The van der Waals surface area contributed by atoms with E-state index in [0.717, 1.165) is 17.8 Å². The minimum atomic E-state index is -0.190. The van der Waals surface area contributed by atoms with Gasteiger partial charge in [0.05, 0.1) is 18.5 Å². The van der Waals surface area contributed by atoms with Gasteiger partial charge < -0.3 is 10.1 Å². The predicted octanol–water partition coefficient (Wildman–Crippen LogP) is 2.96. The molecule has 4 aliphatic rings. The lowest BCUT2D eigenvalue weighted by Crippen LogP contribution is -2.47. The van der Waals surface area contributed by atoms with E-state index < -0.39 is 0 Å². The van der Waals surface area contributed by atoms with E-state index in [0.29, 0.717) is 18.5 Å². The number of rotatable bonds is 6. The highest BCUT2D eigenvalue weighted by Gasteiger charge is 2.51. The number of nitrogens with zero attached hydrogens (tertiary/aromatic N) is 1. The molecule has 5 heteroatoms. The summed E-state index contributed by atoms with van der Waals surface area (Å²) in [6.45, 7) is 0.567. The third-order valence-corrected chi connectivity index (χ3v) is 6.26. The third-order valence-electron chi connectivity index (χ3n) is 6.26. The maximum Gasteiger partial charge on any atom is 0.306 e. The molecule has 0 radical (unpaired) electrons. The van der Waals surface area contributed by atoms with Crippen LogP contribution in [0.1, 0.15) is 55.3 Å². The number of aromatic nitrogens is 1. The molecule has 1 N–H and O–H groups in total. The molecule has 5 rings (SSSR count). The second-order valence-corrected chi connectivity index (χ2v) is 8.31. The summed E-state index contributed by atoms with van der Waals surface area (Å²) in [7, 11) is 0. The topological polar surface area (TPSA) is 68.3 Å². The third kappa shape index (κ3) is 3.70. The summed E-state index contributed by atoms with van der Waals surface area (Å²) in [5, 5.41) is 2.76. The van der Waals surface area contributed by atoms with E-state index >= 15 is 0 Å². The van der Waals surface area contributed by atoms with Crippen LogP contribution < -0.4 is 5.32 Å². The second-order valence-electron chi connectivity index (χ2n) is 8.31. The molecule has 1 aromatic heterocycles. The molecule has 4 aliphatic carbocycles. The van der Waals surface area contributed by atoms with Crippen molar-refractivity contribution >= 4 is 11.9 Å². The molecule has 0 aromatic carbocycles. The summed E-state index contributed by atoms with van der Waals surface area (Å²) < 4.78 is 5.40. The van der Waals surface area contributed by atoms with Crippen LogP contribution in [0, 0.1) is 23.2 Å². The van der Waals surface area contributed by atoms with Crippen molar-refractivity contribution in [3.63, 3.8) is 0 Å². The number of ether oxygens (including phenoxy) is 1. The molecule has 5 nitrogen and oxygen atoms in total. The number of hydrogen-bond donors (Lipinski definition) is 1. The molecule has 4 fully saturated rings. The first-order chi connectivity index (χ1) is 12.1. The van der Waals surface area contributed by atoms with Crippen LogP contribution >= 0.6 is 0 Å². The summed E-state index contributed by atoms with van der Waals surface area (Å²) in [6.07, 6.45) is 11.5. The molecule has 0 atom stereocenters. The Kier molecular flexibility index (Phi) is 4.48. The van der Waals surface area contributed by atoms with Gasteiger partial charge in [0.2, 0.25) is 0 Å². The van der Waals surface area contributed by atoms with Crippen LogP contribution in [-0.2, 0) is 9.53 Å². The molecule has 1 amide bonds. The van der Waals surface area contributed by atoms with Gasteiger partial charge >= 0.3 is 5.97 Å². The Balaban J connectivity index is 1.20. The lowest BCUT2D eigenvalue weighted by atomic mass is 9.49. The first-order valence-corrected chi connectivity index (χ1v) is 9.46. The van der Waals surface area contributed by atoms with E-state index in [1.807, 2.05) is 0 Å². The Morgan fingerprint density at radius 2 is 1.84 bits per heavy atom. The van der Waals surface area contributed by atoms with Gasteiger partial charge in [-0.25, -0.2) is 0 Å². The first-order valence-electron chi connectivity index (χ1n) is 9.46. The normalized spacial score (nSPS) is 32.4. The highest BCUT2D eigenvalue weighted by Crippen LogP contribution is 2.61. The second kappa shape index (κ2) is 6.77. The number of pyridine rings is 1. The Hall–Kier alpha value is -1.91. The van der Waals surface area contributed by atoms with Gasteiger partial charge in [-0.05, 0) is 73.8 Å². The van der Waals surface area contributed by atoms with E-state index in [-0.39, 0.29) is 23.9 Å². The number of carbonyl (C=O) groups excluding carboxylic acids is 2. The molecule has 0 saturated heterocycles. The molecule has 25 heavy (non-hydrogen) atoms. The summed E-state index contributed by atoms with van der Waals surface area (Å²) in [6, 6.07) is 3.43. The Morgan fingerprint density at radius 3 is 2.44 bits per heavy atom. The number of amides is 1. The first kappa shape index (κ1) is 16.6. The Morgan fingerprint density at radius 1 is 1.16 bits per heavy atom. The van der Waals surface area contributed by atoms with Crippen molar-refractivity contribution in [2.45, 2.75) is 44.9 Å². The van der Waals surface area contributed by atoms with Gasteiger partial charge in [0.25, 0.3) is 5.91 Å². The van der Waals surface area contributed by atoms with Crippen molar-refractivity contribution in [2.24, 2.45) is 23.2 Å². The lowest BCUT2D eigenvalue weighted by Gasteiger charge is -2.56. The van der Waals surface area contributed by atoms with Crippen LogP contribution in [0.4, 0.5) is 0 Å². The largest absolute Gasteiger partial charge is 0.464 e. The van der Waals surface area contributed by atoms with Crippen molar-refractivity contribution in [3.05, 3.63) is 30.1 Å².